The van der Waals surface area contributed by atoms with Crippen molar-refractivity contribution in [3.05, 3.63) is 56.3 Å². The zero-order valence-corrected chi connectivity index (χ0v) is 64.2. The van der Waals surface area contributed by atoms with Crippen molar-refractivity contribution in [1.82, 2.24) is 19.9 Å². The molecular weight excluding hydrogens is 1250 g/mol. The van der Waals surface area contributed by atoms with Crippen LogP contribution in [0.3, 0.4) is 0 Å². The number of aromatic nitrogens is 4. The molecule has 2 atom stereocenters. The van der Waals surface area contributed by atoms with E-state index in [1.165, 1.54) is 329 Å². The number of hydrogen-bond acceptors (Lipinski definition) is 12. The van der Waals surface area contributed by atoms with Gasteiger partial charge in [0, 0.05) is 19.5 Å². The Morgan fingerprint density at radius 2 is 0.511 bits per heavy atom. The number of hydrogen-bond donors (Lipinski definition) is 0. The van der Waals surface area contributed by atoms with Crippen LogP contribution in [0.5, 0.6) is 0 Å². The van der Waals surface area contributed by atoms with Gasteiger partial charge in [-0.05, 0) is 111 Å². The average molecular weight is 1370 g/mol. The fraction of sp³-hybridized carbons (Fsp3) is 0.692. The van der Waals surface area contributed by atoms with Gasteiger partial charge in [-0.25, -0.2) is 19.9 Å². The Bertz CT molecular complexity index is 3140. The minimum Gasteiger partial charge on any atom is -0.222 e. The molecule has 0 saturated carbocycles. The number of rotatable bonds is 51. The Morgan fingerprint density at radius 3 is 0.856 bits per heavy atom. The molecular formula is C78H118N4S8. The maximum absolute atomic E-state index is 5.66. The Morgan fingerprint density at radius 1 is 0.267 bits per heavy atom. The van der Waals surface area contributed by atoms with Gasteiger partial charge in [0.05, 0.1) is 19.5 Å². The molecule has 0 bridgehead atoms. The van der Waals surface area contributed by atoms with E-state index in [9.17, 15) is 0 Å². The topological polar surface area (TPSA) is 51.6 Å². The Kier molecular flexibility index (Phi) is 34.1. The van der Waals surface area contributed by atoms with Gasteiger partial charge < -0.3 is 0 Å². The van der Waals surface area contributed by atoms with Crippen LogP contribution in [-0.4, -0.2) is 19.9 Å². The maximum atomic E-state index is 5.66. The zero-order chi connectivity index (χ0) is 63.1. The van der Waals surface area contributed by atoms with E-state index in [-0.39, 0.29) is 0 Å². The third-order valence-corrected chi connectivity index (χ3v) is 28.3. The first-order valence-electron chi connectivity index (χ1n) is 37.2. The molecule has 8 aromatic heterocycles. The molecule has 0 N–H and O–H groups in total. The van der Waals surface area contributed by atoms with Gasteiger partial charge in [0.1, 0.15) is 20.0 Å². The molecule has 0 aliphatic heterocycles. The molecule has 0 aromatic carbocycles. The van der Waals surface area contributed by atoms with Crippen LogP contribution in [0.15, 0.2) is 24.3 Å². The van der Waals surface area contributed by atoms with Crippen molar-refractivity contribution in [1.29, 1.82) is 0 Å². The van der Waals surface area contributed by atoms with Gasteiger partial charge in [-0.3, -0.25) is 0 Å². The number of aryl methyl sites for hydroxylation is 4. The summed E-state index contributed by atoms with van der Waals surface area (Å²) in [4.78, 5) is 37.7. The third-order valence-electron chi connectivity index (χ3n) is 18.9. The van der Waals surface area contributed by atoms with Crippen LogP contribution >= 0.6 is 90.7 Å². The fourth-order valence-corrected chi connectivity index (χ4v) is 22.8. The second-order valence-electron chi connectivity index (χ2n) is 27.1. The number of fused-ring (bicyclic) bond motifs is 2. The largest absolute Gasteiger partial charge is 0.222 e. The van der Waals surface area contributed by atoms with E-state index < -0.39 is 0 Å². The molecule has 0 amide bonds. The molecule has 0 fully saturated rings. The van der Waals surface area contributed by atoms with Gasteiger partial charge in [-0.2, -0.15) is 0 Å². The molecule has 12 heteroatoms. The smallest absolute Gasteiger partial charge is 0.155 e. The normalized spacial score (nSPS) is 12.8. The van der Waals surface area contributed by atoms with E-state index in [0.29, 0.717) is 5.92 Å². The van der Waals surface area contributed by atoms with Crippen LogP contribution in [0.1, 0.15) is 330 Å². The first kappa shape index (κ1) is 73.6. The highest BCUT2D eigenvalue weighted by molar-refractivity contribution is 7.34. The van der Waals surface area contributed by atoms with Crippen molar-refractivity contribution in [2.75, 3.05) is 0 Å². The Labute approximate surface area is 580 Å². The summed E-state index contributed by atoms with van der Waals surface area (Å²) in [6.07, 6.45) is 58.8. The minimum absolute atomic E-state index is 0.688. The Balaban J connectivity index is 1.09. The van der Waals surface area contributed by atoms with Crippen molar-refractivity contribution in [2.24, 2.45) is 11.8 Å². The molecule has 498 valence electrons. The average Bonchev–Trinajstić information content (AvgIpc) is 1.63. The third kappa shape index (κ3) is 23.6. The summed E-state index contributed by atoms with van der Waals surface area (Å²) in [7, 11) is 0. The fourth-order valence-electron chi connectivity index (χ4n) is 13.7. The second kappa shape index (κ2) is 41.7. The molecule has 0 saturated heterocycles. The summed E-state index contributed by atoms with van der Waals surface area (Å²) in [5.41, 5.74) is 6.02. The van der Waals surface area contributed by atoms with Crippen LogP contribution in [-0.2, 0) is 25.7 Å². The summed E-state index contributed by atoms with van der Waals surface area (Å²) >= 11 is 15.3. The molecule has 2 unspecified atom stereocenters. The van der Waals surface area contributed by atoms with E-state index in [1.54, 1.807) is 5.56 Å². The number of thiophene rings is 4. The van der Waals surface area contributed by atoms with E-state index in [2.05, 4.69) is 79.7 Å². The van der Waals surface area contributed by atoms with Gasteiger partial charge in [0.25, 0.3) is 0 Å². The molecule has 4 nitrogen and oxygen atoms in total. The maximum Gasteiger partial charge on any atom is 0.155 e. The second-order valence-corrected chi connectivity index (χ2v) is 35.6. The van der Waals surface area contributed by atoms with E-state index in [4.69, 9.17) is 19.9 Å². The van der Waals surface area contributed by atoms with Crippen molar-refractivity contribution in [2.45, 2.75) is 338 Å². The molecule has 8 aromatic rings. The number of thiazole rings is 4. The van der Waals surface area contributed by atoms with Crippen molar-refractivity contribution >= 4 is 110 Å². The van der Waals surface area contributed by atoms with Crippen LogP contribution in [0, 0.1) is 25.7 Å². The monoisotopic (exact) mass is 1370 g/mol. The summed E-state index contributed by atoms with van der Waals surface area (Å²) in [6, 6.07) is 10.2. The lowest BCUT2D eigenvalue weighted by molar-refractivity contribution is 0.401. The molecule has 90 heavy (non-hydrogen) atoms. The first-order valence-corrected chi connectivity index (χ1v) is 43.8. The van der Waals surface area contributed by atoms with E-state index >= 15 is 0 Å². The summed E-state index contributed by atoms with van der Waals surface area (Å²) in [5.74, 6) is 1.44. The standard InChI is InChI=1S/C78H118N4S8/c1-9-15-21-27-31-33-37-41-46-59(45-39-35-29-23-17-11-3)53-63-52-58(8)84-69(63)73-81-77-78(89-73)82-74(90-77)70-64(54-60(47-40-36-30-24-18-12-4)48-42-38-34-32-28-22-16-10-2)56-66(86-70)65-55-62(50-44-26-20-14-6)68(85-65)72-80-76-75(88-72)79-71(87-76)67-61(51-57(7)83-67)49-43-25-19-13-5/h51-52,55-56,59-60H,9-50,53-54H2,1-8H3. The van der Waals surface area contributed by atoms with Crippen molar-refractivity contribution in [3.8, 4) is 49.3 Å². The molecule has 0 spiro atoms. The summed E-state index contributed by atoms with van der Waals surface area (Å²) in [6.45, 7) is 18.6. The van der Waals surface area contributed by atoms with Gasteiger partial charge in [0.15, 0.2) is 19.3 Å². The molecule has 0 aliphatic carbocycles. The highest BCUT2D eigenvalue weighted by atomic mass is 32.1. The molecule has 0 aliphatic rings. The van der Waals surface area contributed by atoms with Crippen molar-refractivity contribution in [3.63, 3.8) is 0 Å². The molecule has 8 heterocycles. The quantitative estimate of drug-likeness (QED) is 0.0357. The van der Waals surface area contributed by atoms with E-state index in [0.717, 1.165) is 54.5 Å². The van der Waals surface area contributed by atoms with Crippen LogP contribution in [0.2, 0.25) is 0 Å². The first-order chi connectivity index (χ1) is 44.2. The highest BCUT2D eigenvalue weighted by Gasteiger charge is 2.26. The SMILES string of the molecule is CCCCCCCCCCC(CCCCCCCC)Cc1cc(C)sc1-c1nc2sc(-c3sc(-c4cc(CCCCCC)c(-c5nc6sc(-c7sc(C)cc7CCCCCC)nc6s5)s4)cc3CC(CCCCCCCC)CCCCCCCCCC)nc2s1. The predicted molar refractivity (Wildman–Crippen MR) is 413 cm³/mol. The van der Waals surface area contributed by atoms with Gasteiger partial charge >= 0.3 is 0 Å². The van der Waals surface area contributed by atoms with Crippen molar-refractivity contribution < 1.29 is 0 Å². The van der Waals surface area contributed by atoms with Crippen LogP contribution in [0.25, 0.3) is 68.6 Å². The minimum atomic E-state index is 0.688. The van der Waals surface area contributed by atoms with Crippen LogP contribution in [0.4, 0.5) is 0 Å². The molecule has 8 rings (SSSR count). The lowest BCUT2D eigenvalue weighted by atomic mass is 9.88. The van der Waals surface area contributed by atoms with E-state index in [1.807, 2.05) is 90.7 Å². The van der Waals surface area contributed by atoms with Crippen LogP contribution < -0.4 is 0 Å². The van der Waals surface area contributed by atoms with Gasteiger partial charge in [-0.15, -0.1) is 45.3 Å². The highest BCUT2D eigenvalue weighted by Crippen LogP contribution is 2.50. The number of nitrogens with zero attached hydrogens (tertiary/aromatic N) is 4. The Hall–Kier alpha value is -2.16. The zero-order valence-electron chi connectivity index (χ0n) is 57.6. The lowest BCUT2D eigenvalue weighted by Crippen LogP contribution is -2.06. The van der Waals surface area contributed by atoms with Gasteiger partial charge in [-0.1, -0.05) is 331 Å². The van der Waals surface area contributed by atoms with Gasteiger partial charge in [0.2, 0.25) is 0 Å². The lowest BCUT2D eigenvalue weighted by Gasteiger charge is -2.17. The summed E-state index contributed by atoms with van der Waals surface area (Å²) in [5, 5.41) is 4.69. The predicted octanol–water partition coefficient (Wildman–Crippen LogP) is 30.1. The molecule has 0 radical (unpaired) electrons. The summed E-state index contributed by atoms with van der Waals surface area (Å²) < 4.78 is 0. The number of unbranched alkanes of at least 4 members (excludes halogenated alkanes) is 30.